The van der Waals surface area contributed by atoms with Gasteiger partial charge in [0.2, 0.25) is 0 Å². The number of likely N-dealkylation sites (tertiary alicyclic amines) is 1. The van der Waals surface area contributed by atoms with Gasteiger partial charge in [0.25, 0.3) is 5.91 Å². The number of ether oxygens (including phenoxy) is 2. The van der Waals surface area contributed by atoms with Gasteiger partial charge in [-0.25, -0.2) is 4.79 Å². The van der Waals surface area contributed by atoms with Crippen LogP contribution in [0.5, 0.6) is 0 Å². The number of hydrogen-bond donors (Lipinski definition) is 1. The van der Waals surface area contributed by atoms with Crippen molar-refractivity contribution in [1.82, 2.24) is 10.2 Å². The van der Waals surface area contributed by atoms with Crippen molar-refractivity contribution < 1.29 is 19.1 Å². The van der Waals surface area contributed by atoms with Crippen LogP contribution in [0.2, 0.25) is 0 Å². The van der Waals surface area contributed by atoms with E-state index in [0.29, 0.717) is 26.1 Å². The number of carbonyl (C=O) groups is 2. The molecule has 0 bridgehead atoms. The van der Waals surface area contributed by atoms with E-state index in [1.165, 1.54) is 0 Å². The zero-order valence-corrected chi connectivity index (χ0v) is 15.1. The molecule has 2 heterocycles. The number of rotatable bonds is 3. The topological polar surface area (TPSA) is 67.9 Å². The second kappa shape index (κ2) is 6.67. The Morgan fingerprint density at radius 3 is 2.76 bits per heavy atom. The van der Waals surface area contributed by atoms with Crippen LogP contribution in [0.4, 0.5) is 4.79 Å². The molecule has 1 N–H and O–H groups in total. The van der Waals surface area contributed by atoms with E-state index in [0.717, 1.165) is 12.0 Å². The first kappa shape index (κ1) is 17.7. The van der Waals surface area contributed by atoms with Crippen molar-refractivity contribution in [2.24, 2.45) is 0 Å². The molecule has 3 rings (SSSR count). The van der Waals surface area contributed by atoms with Gasteiger partial charge < -0.3 is 19.7 Å². The Bertz CT molecular complexity index is 641. The standard InChI is InChI=1S/C19H26N2O4/c1-18(2,3)25-17(23)20-19-10-7-11-24-15(19)13-21(16(19)22)12-14-8-5-4-6-9-14/h4-6,8-9,15H,7,10-13H2,1-3H3,(H,20,23). The van der Waals surface area contributed by atoms with Gasteiger partial charge in [0.05, 0.1) is 6.54 Å². The summed E-state index contributed by atoms with van der Waals surface area (Å²) in [5.41, 5.74) is -0.575. The molecule has 2 aliphatic rings. The zero-order valence-electron chi connectivity index (χ0n) is 15.1. The monoisotopic (exact) mass is 346 g/mol. The Hall–Kier alpha value is -2.08. The summed E-state index contributed by atoms with van der Waals surface area (Å²) < 4.78 is 11.2. The summed E-state index contributed by atoms with van der Waals surface area (Å²) >= 11 is 0. The number of benzene rings is 1. The van der Waals surface area contributed by atoms with Crippen LogP contribution in [0.25, 0.3) is 0 Å². The molecule has 2 atom stereocenters. The number of carbonyl (C=O) groups excluding carboxylic acids is 2. The van der Waals surface area contributed by atoms with Gasteiger partial charge in [0, 0.05) is 13.2 Å². The largest absolute Gasteiger partial charge is 0.444 e. The van der Waals surface area contributed by atoms with E-state index in [-0.39, 0.29) is 12.0 Å². The van der Waals surface area contributed by atoms with Crippen LogP contribution < -0.4 is 5.32 Å². The third-order valence-electron chi connectivity index (χ3n) is 4.58. The van der Waals surface area contributed by atoms with Gasteiger partial charge in [-0.05, 0) is 39.2 Å². The third kappa shape index (κ3) is 3.79. The highest BCUT2D eigenvalue weighted by Gasteiger charge is 2.57. The highest BCUT2D eigenvalue weighted by Crippen LogP contribution is 2.35. The second-order valence-corrected chi connectivity index (χ2v) is 7.73. The average molecular weight is 346 g/mol. The van der Waals surface area contributed by atoms with E-state index in [9.17, 15) is 9.59 Å². The van der Waals surface area contributed by atoms with Crippen molar-refractivity contribution in [1.29, 1.82) is 0 Å². The number of nitrogens with one attached hydrogen (secondary N) is 1. The van der Waals surface area contributed by atoms with Gasteiger partial charge >= 0.3 is 6.09 Å². The third-order valence-corrected chi connectivity index (χ3v) is 4.58. The van der Waals surface area contributed by atoms with Crippen molar-refractivity contribution in [3.63, 3.8) is 0 Å². The first-order valence-electron chi connectivity index (χ1n) is 8.76. The zero-order chi connectivity index (χ0) is 18.1. The summed E-state index contributed by atoms with van der Waals surface area (Å²) in [7, 11) is 0. The fraction of sp³-hybridized carbons (Fsp3) is 0.579. The number of amides is 2. The highest BCUT2D eigenvalue weighted by molar-refractivity contribution is 5.93. The first-order valence-corrected chi connectivity index (χ1v) is 8.76. The molecule has 2 amide bonds. The van der Waals surface area contributed by atoms with Crippen LogP contribution in [0.3, 0.4) is 0 Å². The minimum atomic E-state index is -1.02. The minimum absolute atomic E-state index is 0.0908. The molecule has 2 aliphatic heterocycles. The van der Waals surface area contributed by atoms with E-state index in [1.54, 1.807) is 25.7 Å². The minimum Gasteiger partial charge on any atom is -0.444 e. The van der Waals surface area contributed by atoms with Gasteiger partial charge in [-0.15, -0.1) is 0 Å². The maximum absolute atomic E-state index is 13.1. The van der Waals surface area contributed by atoms with Gasteiger partial charge in [-0.2, -0.15) is 0 Å². The van der Waals surface area contributed by atoms with E-state index >= 15 is 0 Å². The number of fused-ring (bicyclic) bond motifs is 1. The Balaban J connectivity index is 1.78. The molecule has 2 unspecified atom stereocenters. The maximum Gasteiger partial charge on any atom is 0.408 e. The Morgan fingerprint density at radius 2 is 2.08 bits per heavy atom. The highest BCUT2D eigenvalue weighted by atomic mass is 16.6. The fourth-order valence-electron chi connectivity index (χ4n) is 3.52. The van der Waals surface area contributed by atoms with Crippen LogP contribution in [-0.2, 0) is 20.8 Å². The van der Waals surface area contributed by atoms with Gasteiger partial charge in [-0.1, -0.05) is 30.3 Å². The van der Waals surface area contributed by atoms with E-state index < -0.39 is 17.2 Å². The number of alkyl carbamates (subject to hydrolysis) is 1. The molecule has 2 saturated heterocycles. The van der Waals surface area contributed by atoms with Gasteiger partial charge in [-0.3, -0.25) is 4.79 Å². The molecular formula is C19H26N2O4. The molecular weight excluding hydrogens is 320 g/mol. The van der Waals surface area contributed by atoms with E-state index in [2.05, 4.69) is 5.32 Å². The molecule has 0 aliphatic carbocycles. The smallest absolute Gasteiger partial charge is 0.408 e. The van der Waals surface area contributed by atoms with Crippen molar-refractivity contribution >= 4 is 12.0 Å². The Morgan fingerprint density at radius 1 is 1.36 bits per heavy atom. The summed E-state index contributed by atoms with van der Waals surface area (Å²) in [5.74, 6) is -0.0908. The quantitative estimate of drug-likeness (QED) is 0.913. The molecule has 0 spiro atoms. The molecule has 1 aromatic carbocycles. The first-order chi connectivity index (χ1) is 11.8. The molecule has 0 saturated carbocycles. The van der Waals surface area contributed by atoms with Crippen molar-refractivity contribution in [3.8, 4) is 0 Å². The normalized spacial score (nSPS) is 26.3. The predicted octanol–water partition coefficient (Wildman–Crippen LogP) is 2.47. The van der Waals surface area contributed by atoms with Crippen LogP contribution in [-0.4, -0.2) is 47.3 Å². The van der Waals surface area contributed by atoms with Gasteiger partial charge in [0.15, 0.2) is 0 Å². The number of nitrogens with zero attached hydrogens (tertiary/aromatic N) is 1. The molecule has 25 heavy (non-hydrogen) atoms. The molecule has 6 nitrogen and oxygen atoms in total. The fourth-order valence-corrected chi connectivity index (χ4v) is 3.52. The molecule has 1 aromatic rings. The van der Waals surface area contributed by atoms with Crippen molar-refractivity contribution in [3.05, 3.63) is 35.9 Å². The van der Waals surface area contributed by atoms with Crippen LogP contribution in [0.15, 0.2) is 30.3 Å². The summed E-state index contributed by atoms with van der Waals surface area (Å²) in [6.07, 6.45) is 0.390. The lowest BCUT2D eigenvalue weighted by Gasteiger charge is -2.37. The van der Waals surface area contributed by atoms with Crippen LogP contribution in [0, 0.1) is 0 Å². The average Bonchev–Trinajstić information content (AvgIpc) is 2.79. The summed E-state index contributed by atoms with van der Waals surface area (Å²) in [4.78, 5) is 27.2. The molecule has 6 heteroatoms. The van der Waals surface area contributed by atoms with Crippen molar-refractivity contribution in [2.75, 3.05) is 13.2 Å². The lowest BCUT2D eigenvalue weighted by Crippen LogP contribution is -2.62. The van der Waals surface area contributed by atoms with Crippen LogP contribution >= 0.6 is 0 Å². The molecule has 0 aromatic heterocycles. The summed E-state index contributed by atoms with van der Waals surface area (Å²) in [6, 6.07) is 9.83. The second-order valence-electron chi connectivity index (χ2n) is 7.73. The van der Waals surface area contributed by atoms with E-state index in [1.807, 2.05) is 30.3 Å². The summed E-state index contributed by atoms with van der Waals surface area (Å²) in [6.45, 7) is 7.00. The Labute approximate surface area is 148 Å². The molecule has 2 fully saturated rings. The van der Waals surface area contributed by atoms with Gasteiger partial charge in [0.1, 0.15) is 17.2 Å². The number of hydrogen-bond acceptors (Lipinski definition) is 4. The molecule has 0 radical (unpaired) electrons. The SMILES string of the molecule is CC(C)(C)OC(=O)NC12CCCOC1CN(Cc1ccccc1)C2=O. The summed E-state index contributed by atoms with van der Waals surface area (Å²) in [5, 5.41) is 2.84. The lowest BCUT2D eigenvalue weighted by molar-refractivity contribution is -0.137. The molecule has 136 valence electrons. The predicted molar refractivity (Wildman–Crippen MR) is 92.9 cm³/mol. The van der Waals surface area contributed by atoms with Crippen molar-refractivity contribution in [2.45, 2.75) is 57.4 Å². The Kier molecular flexibility index (Phi) is 4.73. The van der Waals surface area contributed by atoms with E-state index in [4.69, 9.17) is 9.47 Å². The maximum atomic E-state index is 13.1. The van der Waals surface area contributed by atoms with Crippen LogP contribution in [0.1, 0.15) is 39.2 Å². The lowest BCUT2D eigenvalue weighted by atomic mass is 9.87.